The SMILES string of the molecule is CNc1cc2onc(CCC3CCN(Cc4ccccc4)CC3)c2c2c1OC(=O)/C=C/C(=O)O2. The van der Waals surface area contributed by atoms with Crippen LogP contribution in [0.15, 0.2) is 53.1 Å². The lowest BCUT2D eigenvalue weighted by molar-refractivity contribution is -0.133. The maximum absolute atomic E-state index is 12.2. The summed E-state index contributed by atoms with van der Waals surface area (Å²) in [5.74, 6) is -0.380. The summed E-state index contributed by atoms with van der Waals surface area (Å²) in [6.45, 7) is 3.12. The number of carbonyl (C=O) groups excluding carboxylic acids is 2. The minimum absolute atomic E-state index is 0.163. The fourth-order valence-electron chi connectivity index (χ4n) is 4.69. The highest BCUT2D eigenvalue weighted by Gasteiger charge is 2.27. The van der Waals surface area contributed by atoms with E-state index in [0.29, 0.717) is 34.7 Å². The molecule has 3 heterocycles. The van der Waals surface area contributed by atoms with Crippen molar-refractivity contribution < 1.29 is 23.6 Å². The number of anilines is 1. The average molecular weight is 462 g/mol. The Labute approximate surface area is 197 Å². The smallest absolute Gasteiger partial charge is 0.336 e. The van der Waals surface area contributed by atoms with Crippen LogP contribution < -0.4 is 14.8 Å². The molecule has 1 aromatic heterocycles. The van der Waals surface area contributed by atoms with Crippen LogP contribution in [0.3, 0.4) is 0 Å². The number of fused-ring (bicyclic) bond motifs is 3. The van der Waals surface area contributed by atoms with E-state index in [9.17, 15) is 9.59 Å². The third kappa shape index (κ3) is 4.68. The van der Waals surface area contributed by atoms with Crippen LogP contribution in [0.2, 0.25) is 0 Å². The van der Waals surface area contributed by atoms with Gasteiger partial charge in [-0.3, -0.25) is 4.90 Å². The average Bonchev–Trinajstić information content (AvgIpc) is 3.26. The molecule has 8 nitrogen and oxygen atoms in total. The molecule has 1 saturated heterocycles. The zero-order valence-corrected chi connectivity index (χ0v) is 19.1. The maximum Gasteiger partial charge on any atom is 0.336 e. The van der Waals surface area contributed by atoms with Crippen LogP contribution >= 0.6 is 0 Å². The van der Waals surface area contributed by atoms with Gasteiger partial charge in [0.2, 0.25) is 0 Å². The van der Waals surface area contributed by atoms with Gasteiger partial charge < -0.3 is 19.3 Å². The molecule has 2 aliphatic rings. The number of hydrogen-bond acceptors (Lipinski definition) is 8. The predicted octanol–water partition coefficient (Wildman–Crippen LogP) is 4.09. The van der Waals surface area contributed by atoms with Crippen molar-refractivity contribution in [2.24, 2.45) is 5.92 Å². The van der Waals surface area contributed by atoms with Gasteiger partial charge in [-0.1, -0.05) is 35.5 Å². The summed E-state index contributed by atoms with van der Waals surface area (Å²) in [5, 5.41) is 7.81. The monoisotopic (exact) mass is 461 g/mol. The van der Waals surface area contributed by atoms with Gasteiger partial charge in [0.05, 0.1) is 16.8 Å². The second-order valence-corrected chi connectivity index (χ2v) is 8.75. The third-order valence-corrected chi connectivity index (χ3v) is 6.52. The molecule has 0 bridgehead atoms. The van der Waals surface area contributed by atoms with Crippen molar-refractivity contribution in [3.8, 4) is 11.5 Å². The first-order valence-corrected chi connectivity index (χ1v) is 11.6. The molecule has 3 aromatic rings. The Hall–Kier alpha value is -3.65. The van der Waals surface area contributed by atoms with Crippen LogP contribution in [0.25, 0.3) is 11.0 Å². The molecule has 176 valence electrons. The minimum Gasteiger partial charge on any atom is -0.418 e. The second-order valence-electron chi connectivity index (χ2n) is 8.75. The molecule has 0 spiro atoms. The highest BCUT2D eigenvalue weighted by molar-refractivity contribution is 6.02. The number of hydrogen-bond donors (Lipinski definition) is 1. The first-order chi connectivity index (χ1) is 16.6. The van der Waals surface area contributed by atoms with E-state index < -0.39 is 11.9 Å². The number of rotatable bonds is 6. The van der Waals surface area contributed by atoms with Crippen molar-refractivity contribution in [2.45, 2.75) is 32.2 Å². The molecular weight excluding hydrogens is 434 g/mol. The zero-order chi connectivity index (χ0) is 23.5. The lowest BCUT2D eigenvalue weighted by Crippen LogP contribution is -2.33. The Morgan fingerprint density at radius 1 is 1.03 bits per heavy atom. The van der Waals surface area contributed by atoms with E-state index in [-0.39, 0.29) is 11.5 Å². The van der Waals surface area contributed by atoms with Gasteiger partial charge in [-0.15, -0.1) is 0 Å². The maximum atomic E-state index is 12.2. The summed E-state index contributed by atoms with van der Waals surface area (Å²) in [6, 6.07) is 12.3. The number of aryl methyl sites for hydroxylation is 1. The lowest BCUT2D eigenvalue weighted by Gasteiger charge is -2.32. The third-order valence-electron chi connectivity index (χ3n) is 6.52. The zero-order valence-electron chi connectivity index (χ0n) is 19.1. The van der Waals surface area contributed by atoms with E-state index in [1.807, 2.05) is 6.07 Å². The van der Waals surface area contributed by atoms with Crippen LogP contribution in [0, 0.1) is 5.92 Å². The molecule has 2 aliphatic heterocycles. The van der Waals surface area contributed by atoms with Gasteiger partial charge in [0.1, 0.15) is 0 Å². The van der Waals surface area contributed by atoms with Crippen molar-refractivity contribution in [1.82, 2.24) is 10.1 Å². The van der Waals surface area contributed by atoms with Gasteiger partial charge in [0.25, 0.3) is 0 Å². The summed E-state index contributed by atoms with van der Waals surface area (Å²) in [7, 11) is 1.69. The van der Waals surface area contributed by atoms with Gasteiger partial charge in [-0.05, 0) is 50.3 Å². The molecule has 1 fully saturated rings. The molecule has 5 rings (SSSR count). The van der Waals surface area contributed by atoms with Crippen molar-refractivity contribution in [1.29, 1.82) is 0 Å². The molecule has 0 radical (unpaired) electrons. The van der Waals surface area contributed by atoms with Gasteiger partial charge in [-0.2, -0.15) is 0 Å². The Morgan fingerprint density at radius 3 is 2.44 bits per heavy atom. The number of carbonyl (C=O) groups is 2. The topological polar surface area (TPSA) is 93.9 Å². The number of likely N-dealkylation sites (tertiary alicyclic amines) is 1. The number of nitrogens with one attached hydrogen (secondary N) is 1. The molecule has 0 atom stereocenters. The number of ether oxygens (including phenoxy) is 2. The van der Waals surface area contributed by atoms with Crippen LogP contribution in [0.1, 0.15) is 30.5 Å². The molecular formula is C26H27N3O5. The second kappa shape index (κ2) is 9.69. The van der Waals surface area contributed by atoms with E-state index in [2.05, 4.69) is 39.6 Å². The molecule has 0 unspecified atom stereocenters. The first kappa shape index (κ1) is 22.2. The number of aromatic nitrogens is 1. The van der Waals surface area contributed by atoms with E-state index in [0.717, 1.165) is 51.0 Å². The molecule has 0 aliphatic carbocycles. The Kier molecular flexibility index (Phi) is 6.31. The Bertz CT molecular complexity index is 1230. The quantitative estimate of drug-likeness (QED) is 0.433. The van der Waals surface area contributed by atoms with E-state index >= 15 is 0 Å². The highest BCUT2D eigenvalue weighted by Crippen LogP contribution is 2.45. The van der Waals surface area contributed by atoms with Gasteiger partial charge >= 0.3 is 11.9 Å². The van der Waals surface area contributed by atoms with Crippen molar-refractivity contribution in [2.75, 3.05) is 25.5 Å². The van der Waals surface area contributed by atoms with Crippen LogP contribution in [0.4, 0.5) is 5.69 Å². The standard InChI is InChI=1S/C26H27N3O5/c1-27-20-15-21-24(26-25(20)32-22(30)9-10-23(31)33-26)19(28-34-21)8-7-17-11-13-29(14-12-17)16-18-5-3-2-4-6-18/h2-6,9-10,15,17,27H,7-8,11-14,16H2,1H3/b10-9+. The van der Waals surface area contributed by atoms with Crippen molar-refractivity contribution in [3.05, 3.63) is 59.8 Å². The van der Waals surface area contributed by atoms with Crippen LogP contribution in [0.5, 0.6) is 11.5 Å². The van der Waals surface area contributed by atoms with Gasteiger partial charge in [-0.25, -0.2) is 9.59 Å². The van der Waals surface area contributed by atoms with Crippen molar-refractivity contribution in [3.63, 3.8) is 0 Å². The Balaban J connectivity index is 1.30. The number of benzene rings is 2. The Morgan fingerprint density at radius 2 is 1.74 bits per heavy atom. The molecule has 8 heteroatoms. The number of nitrogens with zero attached hydrogens (tertiary/aromatic N) is 2. The summed E-state index contributed by atoms with van der Waals surface area (Å²) in [4.78, 5) is 26.8. The van der Waals surface area contributed by atoms with Crippen molar-refractivity contribution >= 4 is 28.6 Å². The minimum atomic E-state index is -0.648. The summed E-state index contributed by atoms with van der Waals surface area (Å²) >= 11 is 0. The molecule has 1 N–H and O–H groups in total. The van der Waals surface area contributed by atoms with Gasteiger partial charge in [0, 0.05) is 31.8 Å². The number of piperidine rings is 1. The predicted molar refractivity (Wildman–Crippen MR) is 127 cm³/mol. The summed E-state index contributed by atoms with van der Waals surface area (Å²) in [5.41, 5.74) is 3.00. The fraction of sp³-hybridized carbons (Fsp3) is 0.346. The highest BCUT2D eigenvalue weighted by atomic mass is 16.6. The largest absolute Gasteiger partial charge is 0.418 e. The lowest BCUT2D eigenvalue weighted by atomic mass is 9.91. The van der Waals surface area contributed by atoms with Crippen LogP contribution in [-0.2, 0) is 22.6 Å². The first-order valence-electron chi connectivity index (χ1n) is 11.6. The van der Waals surface area contributed by atoms with E-state index in [1.165, 1.54) is 5.56 Å². The fourth-order valence-corrected chi connectivity index (χ4v) is 4.69. The van der Waals surface area contributed by atoms with E-state index in [1.54, 1.807) is 13.1 Å². The molecule has 0 amide bonds. The molecule has 34 heavy (non-hydrogen) atoms. The van der Waals surface area contributed by atoms with Crippen LogP contribution in [-0.4, -0.2) is 42.1 Å². The van der Waals surface area contributed by atoms with Gasteiger partial charge in [0.15, 0.2) is 17.1 Å². The number of esters is 2. The summed E-state index contributed by atoms with van der Waals surface area (Å²) < 4.78 is 16.6. The molecule has 2 aromatic carbocycles. The van der Waals surface area contributed by atoms with E-state index in [4.69, 9.17) is 14.0 Å². The molecule has 0 saturated carbocycles. The normalized spacial score (nSPS) is 18.0. The summed E-state index contributed by atoms with van der Waals surface area (Å²) in [6.07, 6.45) is 6.00.